The Morgan fingerprint density at radius 3 is 1.96 bits per heavy atom. The molecule has 10 nitrogen and oxygen atoms in total. The number of aromatic nitrogens is 1. The van der Waals surface area contributed by atoms with Crippen molar-refractivity contribution in [2.24, 2.45) is 0 Å². The number of nitrogens with zero attached hydrogens (tertiary/aromatic N) is 1. The zero-order chi connectivity index (χ0) is 20.9. The minimum absolute atomic E-state index is 0.172. The van der Waals surface area contributed by atoms with Crippen LogP contribution in [0.3, 0.4) is 0 Å². The molecule has 150 valence electrons. The Balaban J connectivity index is 2.10. The van der Waals surface area contributed by atoms with Gasteiger partial charge >= 0.3 is 0 Å². The maximum atomic E-state index is 12.6. The largest absolute Gasteiger partial charge is 0.294 e. The van der Waals surface area contributed by atoms with Gasteiger partial charge in [-0.15, -0.1) is 11.3 Å². The number of rotatable bonds is 5. The predicted octanol–water partition coefficient (Wildman–Crippen LogP) is 1.90. The summed E-state index contributed by atoms with van der Waals surface area (Å²) in [5, 5.41) is 0.733. The molecule has 0 atom stereocenters. The molecule has 3 N–H and O–H groups in total. The molecule has 1 aromatic heterocycles. The normalized spacial score (nSPS) is 13.0. The topological polar surface area (TPSA) is 168 Å². The molecule has 0 radical (unpaired) electrons. The summed E-state index contributed by atoms with van der Waals surface area (Å²) in [6.07, 6.45) is 0. The van der Waals surface area contributed by atoms with Crippen molar-refractivity contribution in [2.75, 3.05) is 4.72 Å². The molecule has 0 unspecified atom stereocenters. The molecular weight excluding hydrogens is 452 g/mol. The molecule has 0 aliphatic heterocycles. The first-order valence-corrected chi connectivity index (χ1v) is 12.4. The summed E-state index contributed by atoms with van der Waals surface area (Å²) < 4.78 is 91.6. The molecule has 2 aromatic carbocycles. The van der Waals surface area contributed by atoms with E-state index < -0.39 is 45.7 Å². The predicted molar refractivity (Wildman–Crippen MR) is 101 cm³/mol. The first-order chi connectivity index (χ1) is 12.8. The number of sulfonamides is 1. The van der Waals surface area contributed by atoms with Gasteiger partial charge in [0, 0.05) is 0 Å². The summed E-state index contributed by atoms with van der Waals surface area (Å²) in [6.45, 7) is 1.76. The van der Waals surface area contributed by atoms with Gasteiger partial charge in [0.2, 0.25) is 0 Å². The number of anilines is 1. The van der Waals surface area contributed by atoms with Crippen LogP contribution in [-0.2, 0) is 30.3 Å². The van der Waals surface area contributed by atoms with Gasteiger partial charge in [-0.3, -0.25) is 13.8 Å². The molecule has 0 spiro atoms. The lowest BCUT2D eigenvalue weighted by atomic mass is 10.3. The molecule has 3 rings (SSSR count). The average molecular weight is 465 g/mol. The van der Waals surface area contributed by atoms with Crippen molar-refractivity contribution in [3.05, 3.63) is 41.4 Å². The minimum Gasteiger partial charge on any atom is -0.282 e. The van der Waals surface area contributed by atoms with Gasteiger partial charge in [0.25, 0.3) is 30.3 Å². The van der Waals surface area contributed by atoms with Crippen LogP contribution < -0.4 is 4.72 Å². The third kappa shape index (κ3) is 4.31. The van der Waals surface area contributed by atoms with E-state index in [0.29, 0.717) is 16.3 Å². The van der Waals surface area contributed by atoms with Crippen molar-refractivity contribution in [1.29, 1.82) is 0 Å². The van der Waals surface area contributed by atoms with Gasteiger partial charge in [-0.05, 0) is 43.3 Å². The zero-order valence-electron chi connectivity index (χ0n) is 13.9. The van der Waals surface area contributed by atoms with Crippen molar-refractivity contribution in [2.45, 2.75) is 21.6 Å². The van der Waals surface area contributed by atoms with Gasteiger partial charge in [-0.25, -0.2) is 13.4 Å². The first kappa shape index (κ1) is 20.6. The minimum atomic E-state index is -4.87. The molecule has 3 aromatic rings. The van der Waals surface area contributed by atoms with Gasteiger partial charge in [0.1, 0.15) is 0 Å². The summed E-state index contributed by atoms with van der Waals surface area (Å²) >= 11 is 1.27. The van der Waals surface area contributed by atoms with Gasteiger partial charge in [-0.1, -0.05) is 0 Å². The molecule has 0 amide bonds. The maximum Gasteiger partial charge on any atom is 0.294 e. The van der Waals surface area contributed by atoms with Crippen LogP contribution in [-0.4, -0.2) is 39.3 Å². The Bertz CT molecular complexity index is 1360. The van der Waals surface area contributed by atoms with Gasteiger partial charge in [0.15, 0.2) is 0 Å². The summed E-state index contributed by atoms with van der Waals surface area (Å²) in [5.41, 5.74) is 0.117. The number of hydrogen-bond acceptors (Lipinski definition) is 8. The van der Waals surface area contributed by atoms with E-state index >= 15 is 0 Å². The van der Waals surface area contributed by atoms with Crippen molar-refractivity contribution in [3.8, 4) is 0 Å². The number of hydrogen-bond donors (Lipinski definition) is 3. The standard InChI is InChI=1S/C14H12N2O8S4/c1-8-15-13-3-2-10(7-14(13)25-8)26(17,18)16-9-4-11(27(19,20)21)6-12(5-9)28(22,23)24/h2-7,16H,1H3,(H,19,20,21)(H,22,23,24). The molecule has 0 aliphatic carbocycles. The van der Waals surface area contributed by atoms with E-state index in [0.717, 1.165) is 17.1 Å². The van der Waals surface area contributed by atoms with Gasteiger partial charge in [-0.2, -0.15) is 16.8 Å². The lowest BCUT2D eigenvalue weighted by molar-refractivity contribution is 0.481. The third-order valence-corrected chi connectivity index (χ3v) is 7.48. The molecule has 14 heteroatoms. The highest BCUT2D eigenvalue weighted by atomic mass is 32.2. The number of thiazole rings is 1. The number of aryl methyl sites for hydroxylation is 1. The Labute approximate surface area is 164 Å². The number of benzene rings is 2. The highest BCUT2D eigenvalue weighted by Crippen LogP contribution is 2.27. The molecule has 28 heavy (non-hydrogen) atoms. The van der Waals surface area contributed by atoms with E-state index in [1.54, 1.807) is 6.92 Å². The number of nitrogens with one attached hydrogen (secondary N) is 1. The molecule has 1 heterocycles. The van der Waals surface area contributed by atoms with Crippen molar-refractivity contribution < 1.29 is 34.4 Å². The zero-order valence-corrected chi connectivity index (χ0v) is 17.2. The Morgan fingerprint density at radius 1 is 0.857 bits per heavy atom. The first-order valence-electron chi connectivity index (χ1n) is 7.26. The second kappa shape index (κ2) is 6.75. The molecular formula is C14H12N2O8S4. The van der Waals surface area contributed by atoms with E-state index in [1.807, 2.05) is 4.72 Å². The van der Waals surface area contributed by atoms with Crippen molar-refractivity contribution in [1.82, 2.24) is 4.98 Å². The Kier molecular flexibility index (Phi) is 4.97. The van der Waals surface area contributed by atoms with Crippen LogP contribution in [0.25, 0.3) is 10.2 Å². The van der Waals surface area contributed by atoms with E-state index in [2.05, 4.69) is 4.98 Å². The second-order valence-corrected chi connectivity index (χ2v) is 11.4. The number of fused-ring (bicyclic) bond motifs is 1. The summed E-state index contributed by atoms with van der Waals surface area (Å²) in [7, 11) is -14.0. The average Bonchev–Trinajstić information content (AvgIpc) is 2.91. The summed E-state index contributed by atoms with van der Waals surface area (Å²) in [6, 6.07) is 6.06. The van der Waals surface area contributed by atoms with Crippen LogP contribution in [0.15, 0.2) is 51.1 Å². The highest BCUT2D eigenvalue weighted by molar-refractivity contribution is 7.92. The van der Waals surface area contributed by atoms with Crippen molar-refractivity contribution in [3.63, 3.8) is 0 Å². The Hall–Kier alpha value is -2.10. The fourth-order valence-corrected chi connectivity index (χ4v) is 5.52. The monoisotopic (exact) mass is 464 g/mol. The summed E-state index contributed by atoms with van der Waals surface area (Å²) in [4.78, 5) is 2.22. The van der Waals surface area contributed by atoms with E-state index in [-0.39, 0.29) is 4.90 Å². The van der Waals surface area contributed by atoms with Gasteiger partial charge in [0.05, 0.1) is 35.6 Å². The maximum absolute atomic E-state index is 12.6. The molecule has 0 fully saturated rings. The molecule has 0 saturated carbocycles. The van der Waals surface area contributed by atoms with E-state index in [9.17, 15) is 25.3 Å². The smallest absolute Gasteiger partial charge is 0.282 e. The van der Waals surface area contributed by atoms with Crippen LogP contribution in [0.5, 0.6) is 0 Å². The molecule has 0 bridgehead atoms. The fourth-order valence-electron chi connectivity index (χ4n) is 2.33. The third-order valence-electron chi connectivity index (χ3n) is 3.51. The Morgan fingerprint density at radius 2 is 1.43 bits per heavy atom. The molecule has 0 aliphatic rings. The highest BCUT2D eigenvalue weighted by Gasteiger charge is 2.21. The SMILES string of the molecule is Cc1nc2ccc(S(=O)(=O)Nc3cc(S(=O)(=O)O)cc(S(=O)(=O)O)c3)cc2s1. The fraction of sp³-hybridized carbons (Fsp3) is 0.0714. The van der Waals surface area contributed by atoms with Crippen molar-refractivity contribution >= 4 is 57.5 Å². The quantitative estimate of drug-likeness (QED) is 0.477. The summed E-state index contributed by atoms with van der Waals surface area (Å²) in [5.74, 6) is 0. The van der Waals surface area contributed by atoms with Crippen LogP contribution in [0.2, 0.25) is 0 Å². The van der Waals surface area contributed by atoms with E-state index in [1.165, 1.54) is 29.5 Å². The molecule has 0 saturated heterocycles. The lowest BCUT2D eigenvalue weighted by Crippen LogP contribution is -2.14. The van der Waals surface area contributed by atoms with Crippen LogP contribution in [0.1, 0.15) is 5.01 Å². The van der Waals surface area contributed by atoms with Crippen LogP contribution >= 0.6 is 11.3 Å². The van der Waals surface area contributed by atoms with Gasteiger partial charge < -0.3 is 0 Å². The van der Waals surface area contributed by atoms with Crippen LogP contribution in [0, 0.1) is 6.92 Å². The van der Waals surface area contributed by atoms with Crippen LogP contribution in [0.4, 0.5) is 5.69 Å². The lowest BCUT2D eigenvalue weighted by Gasteiger charge is -2.10. The van der Waals surface area contributed by atoms with E-state index in [4.69, 9.17) is 9.11 Å². The second-order valence-electron chi connectivity index (χ2n) is 5.61.